The van der Waals surface area contributed by atoms with Gasteiger partial charge in [-0.05, 0) is 38.0 Å². The number of hydrogen-bond donors (Lipinski definition) is 1. The summed E-state index contributed by atoms with van der Waals surface area (Å²) in [5.74, 6) is 1.21. The maximum atomic E-state index is 12.7. The SMILES string of the molecule is CCC1CC1N1CCC(=O)NC(C)(C2CC2)C1=O. The lowest BCUT2D eigenvalue weighted by atomic mass is 9.94. The average Bonchev–Trinajstić information content (AvgIpc) is 3.17. The number of amides is 2. The van der Waals surface area contributed by atoms with E-state index in [4.69, 9.17) is 0 Å². The molecule has 4 heteroatoms. The molecule has 2 saturated carbocycles. The van der Waals surface area contributed by atoms with E-state index in [1.807, 2.05) is 11.8 Å². The van der Waals surface area contributed by atoms with E-state index in [9.17, 15) is 9.59 Å². The number of nitrogens with zero attached hydrogens (tertiary/aromatic N) is 1. The molecule has 0 spiro atoms. The minimum Gasteiger partial charge on any atom is -0.342 e. The maximum absolute atomic E-state index is 12.7. The van der Waals surface area contributed by atoms with Crippen molar-refractivity contribution in [2.45, 2.75) is 57.5 Å². The van der Waals surface area contributed by atoms with Crippen molar-refractivity contribution < 1.29 is 9.59 Å². The van der Waals surface area contributed by atoms with Crippen LogP contribution in [0.1, 0.15) is 46.0 Å². The molecule has 18 heavy (non-hydrogen) atoms. The monoisotopic (exact) mass is 250 g/mol. The van der Waals surface area contributed by atoms with Crippen LogP contribution in [0.4, 0.5) is 0 Å². The van der Waals surface area contributed by atoms with Crippen molar-refractivity contribution in [2.75, 3.05) is 6.54 Å². The number of nitrogens with one attached hydrogen (secondary N) is 1. The lowest BCUT2D eigenvalue weighted by Gasteiger charge is -2.32. The van der Waals surface area contributed by atoms with E-state index in [2.05, 4.69) is 12.2 Å². The molecule has 3 fully saturated rings. The molecule has 2 amide bonds. The van der Waals surface area contributed by atoms with Gasteiger partial charge < -0.3 is 10.2 Å². The van der Waals surface area contributed by atoms with Crippen LogP contribution in [0.3, 0.4) is 0 Å². The van der Waals surface area contributed by atoms with Gasteiger partial charge in [0.15, 0.2) is 0 Å². The molecule has 1 aliphatic heterocycles. The molecule has 4 nitrogen and oxygen atoms in total. The second-order valence-electron chi connectivity index (χ2n) is 6.24. The van der Waals surface area contributed by atoms with Gasteiger partial charge in [-0.25, -0.2) is 0 Å². The summed E-state index contributed by atoms with van der Waals surface area (Å²) in [5.41, 5.74) is -0.630. The maximum Gasteiger partial charge on any atom is 0.248 e. The minimum atomic E-state index is -0.630. The lowest BCUT2D eigenvalue weighted by molar-refractivity contribution is -0.139. The molecule has 0 aromatic heterocycles. The van der Waals surface area contributed by atoms with Crippen molar-refractivity contribution in [1.82, 2.24) is 10.2 Å². The second-order valence-corrected chi connectivity index (χ2v) is 6.24. The Morgan fingerprint density at radius 1 is 1.39 bits per heavy atom. The molecule has 3 unspecified atom stereocenters. The summed E-state index contributed by atoms with van der Waals surface area (Å²) in [7, 11) is 0. The highest BCUT2D eigenvalue weighted by molar-refractivity contribution is 5.94. The largest absolute Gasteiger partial charge is 0.342 e. The first kappa shape index (κ1) is 12.0. The van der Waals surface area contributed by atoms with Crippen molar-refractivity contribution in [1.29, 1.82) is 0 Å². The van der Waals surface area contributed by atoms with Gasteiger partial charge >= 0.3 is 0 Å². The molecule has 2 aliphatic carbocycles. The van der Waals surface area contributed by atoms with Crippen LogP contribution in [0.5, 0.6) is 0 Å². The molecule has 0 aromatic carbocycles. The molecule has 3 atom stereocenters. The second kappa shape index (κ2) is 3.97. The van der Waals surface area contributed by atoms with Gasteiger partial charge in [0.1, 0.15) is 5.54 Å². The summed E-state index contributed by atoms with van der Waals surface area (Å²) in [6.07, 6.45) is 4.85. The van der Waals surface area contributed by atoms with Crippen LogP contribution in [0.2, 0.25) is 0 Å². The van der Waals surface area contributed by atoms with Crippen LogP contribution in [-0.2, 0) is 9.59 Å². The van der Waals surface area contributed by atoms with Crippen LogP contribution < -0.4 is 5.32 Å². The quantitative estimate of drug-likeness (QED) is 0.821. The Morgan fingerprint density at radius 2 is 2.11 bits per heavy atom. The van der Waals surface area contributed by atoms with E-state index < -0.39 is 5.54 Å². The number of hydrogen-bond acceptors (Lipinski definition) is 2. The highest BCUT2D eigenvalue weighted by Crippen LogP contribution is 2.45. The van der Waals surface area contributed by atoms with Crippen LogP contribution in [0.25, 0.3) is 0 Å². The Labute approximate surface area is 108 Å². The van der Waals surface area contributed by atoms with E-state index in [1.165, 1.54) is 0 Å². The molecule has 3 aliphatic rings. The Hall–Kier alpha value is -1.06. The van der Waals surface area contributed by atoms with E-state index >= 15 is 0 Å². The predicted octanol–water partition coefficient (Wildman–Crippen LogP) is 1.30. The lowest BCUT2D eigenvalue weighted by Crippen LogP contribution is -2.57. The Morgan fingerprint density at radius 3 is 2.67 bits per heavy atom. The fraction of sp³-hybridized carbons (Fsp3) is 0.857. The van der Waals surface area contributed by atoms with Crippen molar-refractivity contribution >= 4 is 11.8 Å². The van der Waals surface area contributed by atoms with Gasteiger partial charge in [0.2, 0.25) is 11.8 Å². The fourth-order valence-corrected chi connectivity index (χ4v) is 3.33. The summed E-state index contributed by atoms with van der Waals surface area (Å²) in [6, 6.07) is 0.397. The summed E-state index contributed by atoms with van der Waals surface area (Å²) >= 11 is 0. The Balaban J connectivity index is 1.82. The van der Waals surface area contributed by atoms with Crippen LogP contribution in [0.15, 0.2) is 0 Å². The molecule has 1 N–H and O–H groups in total. The Bertz CT molecular complexity index is 391. The van der Waals surface area contributed by atoms with Gasteiger partial charge in [0, 0.05) is 19.0 Å². The summed E-state index contributed by atoms with van der Waals surface area (Å²) in [4.78, 5) is 26.6. The standard InChI is InChI=1S/C14H22N2O2/c1-3-9-8-11(9)16-7-6-12(17)15-14(2,13(16)18)10-4-5-10/h9-11H,3-8H2,1-2H3,(H,15,17). The number of rotatable bonds is 3. The third-order valence-electron chi connectivity index (χ3n) is 4.89. The molecule has 1 heterocycles. The average molecular weight is 250 g/mol. The van der Waals surface area contributed by atoms with Gasteiger partial charge in [0.05, 0.1) is 0 Å². The molecular formula is C14H22N2O2. The molecule has 3 rings (SSSR count). The van der Waals surface area contributed by atoms with Gasteiger partial charge in [0.25, 0.3) is 0 Å². The van der Waals surface area contributed by atoms with Gasteiger partial charge in [-0.3, -0.25) is 9.59 Å². The van der Waals surface area contributed by atoms with Crippen LogP contribution in [-0.4, -0.2) is 34.8 Å². The van der Waals surface area contributed by atoms with E-state index in [-0.39, 0.29) is 11.8 Å². The predicted molar refractivity (Wildman–Crippen MR) is 67.8 cm³/mol. The van der Waals surface area contributed by atoms with Crippen molar-refractivity contribution in [2.24, 2.45) is 11.8 Å². The molecule has 0 radical (unpaired) electrons. The van der Waals surface area contributed by atoms with Crippen molar-refractivity contribution in [3.05, 3.63) is 0 Å². The Kier molecular flexibility index (Phi) is 2.65. The zero-order valence-corrected chi connectivity index (χ0v) is 11.2. The van der Waals surface area contributed by atoms with Gasteiger partial charge in [-0.2, -0.15) is 0 Å². The van der Waals surface area contributed by atoms with Crippen molar-refractivity contribution in [3.8, 4) is 0 Å². The van der Waals surface area contributed by atoms with E-state index in [1.54, 1.807) is 0 Å². The molecular weight excluding hydrogens is 228 g/mol. The molecule has 0 bridgehead atoms. The van der Waals surface area contributed by atoms with Gasteiger partial charge in [-0.15, -0.1) is 0 Å². The van der Waals surface area contributed by atoms with E-state index in [0.29, 0.717) is 30.8 Å². The summed E-state index contributed by atoms with van der Waals surface area (Å²) in [6.45, 7) is 4.71. The highest BCUT2D eigenvalue weighted by atomic mass is 16.2. The van der Waals surface area contributed by atoms with E-state index in [0.717, 1.165) is 25.7 Å². The third-order valence-corrected chi connectivity index (χ3v) is 4.89. The molecule has 100 valence electrons. The zero-order valence-electron chi connectivity index (χ0n) is 11.2. The van der Waals surface area contributed by atoms with Crippen LogP contribution in [0, 0.1) is 11.8 Å². The zero-order chi connectivity index (χ0) is 12.9. The first-order valence-corrected chi connectivity index (χ1v) is 7.18. The van der Waals surface area contributed by atoms with Gasteiger partial charge in [-0.1, -0.05) is 13.3 Å². The van der Waals surface area contributed by atoms with Crippen molar-refractivity contribution in [3.63, 3.8) is 0 Å². The smallest absolute Gasteiger partial charge is 0.248 e. The highest BCUT2D eigenvalue weighted by Gasteiger charge is 2.54. The number of carbonyl (C=O) groups is 2. The fourth-order valence-electron chi connectivity index (χ4n) is 3.33. The molecule has 1 saturated heterocycles. The summed E-state index contributed by atoms with van der Waals surface area (Å²) < 4.78 is 0. The first-order chi connectivity index (χ1) is 8.56. The summed E-state index contributed by atoms with van der Waals surface area (Å²) in [5, 5.41) is 2.98. The molecule has 0 aromatic rings. The minimum absolute atomic E-state index is 0.0361. The number of carbonyl (C=O) groups excluding carboxylic acids is 2. The first-order valence-electron chi connectivity index (χ1n) is 7.18. The van der Waals surface area contributed by atoms with Crippen LogP contribution >= 0.6 is 0 Å². The third kappa shape index (κ3) is 1.82. The normalized spacial score (nSPS) is 40.4. The topological polar surface area (TPSA) is 49.4 Å².